The van der Waals surface area contributed by atoms with Gasteiger partial charge in [0, 0.05) is 11.3 Å². The molecule has 112 valence electrons. The lowest BCUT2D eigenvalue weighted by atomic mass is 10.1. The number of rotatable bonds is 4. The zero-order chi connectivity index (χ0) is 15.6. The zero-order valence-electron chi connectivity index (χ0n) is 10.8. The Hall–Kier alpha value is -1.46. The topological polar surface area (TPSA) is 22.1 Å². The van der Waals surface area contributed by atoms with Crippen molar-refractivity contribution >= 4 is 23.2 Å². The van der Waals surface area contributed by atoms with Crippen molar-refractivity contribution in [2.45, 2.75) is 19.7 Å². The predicted molar refractivity (Wildman–Crippen MR) is 76.0 cm³/mol. The van der Waals surface area contributed by atoms with Crippen LogP contribution in [0.15, 0.2) is 30.3 Å². The largest absolute Gasteiger partial charge is 0.452 e. The maximum absolute atomic E-state index is 13.1. The molecule has 0 amide bonds. The minimum absolute atomic E-state index is 0.0909. The summed E-state index contributed by atoms with van der Waals surface area (Å²) < 4.78 is 42.3. The van der Waals surface area contributed by atoms with Gasteiger partial charge in [-0.2, -0.15) is 4.39 Å². The van der Waals surface area contributed by atoms with Gasteiger partial charge in [-0.15, -0.1) is 0 Å². The molecule has 7 heteroatoms. The molecule has 1 aromatic carbocycles. The quantitative estimate of drug-likeness (QED) is 0.755. The van der Waals surface area contributed by atoms with Crippen LogP contribution in [-0.4, -0.2) is 17.8 Å². The van der Waals surface area contributed by atoms with Gasteiger partial charge in [0.25, 0.3) is 6.36 Å². The Labute approximate surface area is 129 Å². The Morgan fingerprint density at radius 2 is 1.76 bits per heavy atom. The first-order chi connectivity index (χ1) is 9.88. The van der Waals surface area contributed by atoms with E-state index in [9.17, 15) is 13.2 Å². The fourth-order valence-corrected chi connectivity index (χ4v) is 1.96. The van der Waals surface area contributed by atoms with E-state index in [1.165, 1.54) is 24.3 Å². The number of ether oxygens (including phenoxy) is 1. The Balaban J connectivity index is 2.45. The number of aryl methyl sites for hydroxylation is 1. The van der Waals surface area contributed by atoms with Crippen LogP contribution >= 0.6 is 23.2 Å². The van der Waals surface area contributed by atoms with Crippen molar-refractivity contribution in [1.29, 1.82) is 0 Å². The minimum Gasteiger partial charge on any atom is -0.452 e. The number of nitrogens with zero attached hydrogens (tertiary/aromatic N) is 1. The highest BCUT2D eigenvalue weighted by molar-refractivity contribution is 6.42. The van der Waals surface area contributed by atoms with Crippen LogP contribution in [0.2, 0.25) is 10.0 Å². The molecule has 0 aliphatic rings. The lowest BCUT2D eigenvalue weighted by Gasteiger charge is -2.14. The molecular weight excluding hydrogens is 326 g/mol. The van der Waals surface area contributed by atoms with Crippen LogP contribution in [0, 0.1) is 6.92 Å². The predicted octanol–water partition coefficient (Wildman–Crippen LogP) is 5.30. The van der Waals surface area contributed by atoms with Gasteiger partial charge in [0.2, 0.25) is 0 Å². The van der Waals surface area contributed by atoms with Gasteiger partial charge in [-0.1, -0.05) is 29.3 Å². The molecule has 0 radical (unpaired) electrons. The van der Waals surface area contributed by atoms with Crippen LogP contribution in [0.1, 0.15) is 5.69 Å². The molecule has 2 rings (SSSR count). The van der Waals surface area contributed by atoms with Crippen molar-refractivity contribution in [2.75, 3.05) is 0 Å². The molecule has 0 saturated heterocycles. The van der Waals surface area contributed by atoms with Crippen molar-refractivity contribution in [3.05, 3.63) is 46.1 Å². The summed E-state index contributed by atoms with van der Waals surface area (Å²) in [6.45, 7) is 1.71. The molecule has 0 N–H and O–H groups in total. The number of hydrogen-bond donors (Lipinski definition) is 0. The van der Waals surface area contributed by atoms with E-state index in [4.69, 9.17) is 23.2 Å². The summed E-state index contributed by atoms with van der Waals surface area (Å²) in [5.41, 5.74) is 1.33. The molecule has 1 aromatic heterocycles. The Bertz CT molecular complexity index is 652. The zero-order valence-corrected chi connectivity index (χ0v) is 12.3. The second-order valence-corrected chi connectivity index (χ2v) is 5.05. The second kappa shape index (κ2) is 6.54. The van der Waals surface area contributed by atoms with Crippen LogP contribution < -0.4 is 4.74 Å². The summed E-state index contributed by atoms with van der Waals surface area (Å²) in [7, 11) is 0. The average molecular weight is 336 g/mol. The van der Waals surface area contributed by atoms with E-state index in [2.05, 4.69) is 9.72 Å². The normalized spacial score (nSPS) is 12.5. The molecule has 1 unspecified atom stereocenters. The lowest BCUT2D eigenvalue weighted by Crippen LogP contribution is -2.20. The van der Waals surface area contributed by atoms with Crippen LogP contribution in [0.3, 0.4) is 0 Å². The first kappa shape index (κ1) is 15.9. The Morgan fingerprint density at radius 3 is 2.38 bits per heavy atom. The van der Waals surface area contributed by atoms with Crippen LogP contribution in [0.25, 0.3) is 11.3 Å². The smallest absolute Gasteiger partial charge is 0.304 e. The Kier molecular flexibility index (Phi) is 4.96. The summed E-state index contributed by atoms with van der Waals surface area (Å²) in [6.07, 6.45) is -5.97. The highest BCUT2D eigenvalue weighted by Crippen LogP contribution is 2.33. The molecular formula is C14H10Cl2F3NO. The Morgan fingerprint density at radius 1 is 1.05 bits per heavy atom. The SMILES string of the molecule is Cc1ccc(OC(F)C(F)F)c(-c2ccc(Cl)c(Cl)c2)n1. The van der Waals surface area contributed by atoms with E-state index in [1.54, 1.807) is 13.0 Å². The van der Waals surface area contributed by atoms with Gasteiger partial charge in [0.1, 0.15) is 11.4 Å². The molecule has 1 atom stereocenters. The van der Waals surface area contributed by atoms with Gasteiger partial charge in [0.05, 0.1) is 10.0 Å². The third-order valence-corrected chi connectivity index (χ3v) is 3.37. The summed E-state index contributed by atoms with van der Waals surface area (Å²) in [5.74, 6) is -0.0909. The number of halogens is 5. The fourth-order valence-electron chi connectivity index (χ4n) is 1.66. The average Bonchev–Trinajstić information content (AvgIpc) is 2.43. The van der Waals surface area contributed by atoms with Crippen molar-refractivity contribution in [3.8, 4) is 17.0 Å². The number of aromatic nitrogens is 1. The van der Waals surface area contributed by atoms with Crippen molar-refractivity contribution < 1.29 is 17.9 Å². The number of pyridine rings is 1. The molecule has 0 saturated carbocycles. The first-order valence-corrected chi connectivity index (χ1v) is 6.66. The molecule has 1 heterocycles. The molecule has 0 bridgehead atoms. The van der Waals surface area contributed by atoms with Crippen molar-refractivity contribution in [2.24, 2.45) is 0 Å². The van der Waals surface area contributed by atoms with Crippen molar-refractivity contribution in [1.82, 2.24) is 4.98 Å². The molecule has 0 fully saturated rings. The molecule has 2 nitrogen and oxygen atoms in total. The third-order valence-electron chi connectivity index (χ3n) is 2.63. The van der Waals surface area contributed by atoms with Crippen LogP contribution in [-0.2, 0) is 0 Å². The third kappa shape index (κ3) is 3.80. The van der Waals surface area contributed by atoms with Gasteiger partial charge in [-0.25, -0.2) is 13.8 Å². The summed E-state index contributed by atoms with van der Waals surface area (Å²) >= 11 is 11.7. The molecule has 21 heavy (non-hydrogen) atoms. The van der Waals surface area contributed by atoms with Gasteiger partial charge in [-0.3, -0.25) is 0 Å². The fraction of sp³-hybridized carbons (Fsp3) is 0.214. The molecule has 2 aromatic rings. The van der Waals surface area contributed by atoms with E-state index in [0.29, 0.717) is 16.3 Å². The summed E-state index contributed by atoms with van der Waals surface area (Å²) in [4.78, 5) is 4.19. The maximum atomic E-state index is 13.1. The standard InChI is InChI=1S/C14H10Cl2F3NO/c1-7-2-5-11(21-14(19)13(17)18)12(20-7)8-3-4-9(15)10(16)6-8/h2-6,13-14H,1H3. The van der Waals surface area contributed by atoms with Gasteiger partial charge < -0.3 is 4.74 Å². The van der Waals surface area contributed by atoms with E-state index in [0.717, 1.165) is 0 Å². The van der Waals surface area contributed by atoms with Gasteiger partial charge in [-0.05, 0) is 31.2 Å². The number of alkyl halides is 3. The van der Waals surface area contributed by atoms with Gasteiger partial charge in [0.15, 0.2) is 0 Å². The summed E-state index contributed by atoms with van der Waals surface area (Å²) in [6, 6.07) is 7.56. The van der Waals surface area contributed by atoms with E-state index >= 15 is 0 Å². The van der Waals surface area contributed by atoms with Crippen LogP contribution in [0.4, 0.5) is 13.2 Å². The number of hydrogen-bond acceptors (Lipinski definition) is 2. The van der Waals surface area contributed by atoms with Crippen LogP contribution in [0.5, 0.6) is 5.75 Å². The lowest BCUT2D eigenvalue weighted by molar-refractivity contribution is -0.0667. The first-order valence-electron chi connectivity index (χ1n) is 5.90. The van der Waals surface area contributed by atoms with E-state index in [-0.39, 0.29) is 16.5 Å². The minimum atomic E-state index is -3.24. The highest BCUT2D eigenvalue weighted by Gasteiger charge is 2.23. The van der Waals surface area contributed by atoms with E-state index < -0.39 is 12.8 Å². The maximum Gasteiger partial charge on any atom is 0.304 e. The summed E-state index contributed by atoms with van der Waals surface area (Å²) in [5, 5.41) is 0.612. The van der Waals surface area contributed by atoms with E-state index in [1.807, 2.05) is 0 Å². The monoisotopic (exact) mass is 335 g/mol. The highest BCUT2D eigenvalue weighted by atomic mass is 35.5. The molecule has 0 aliphatic heterocycles. The second-order valence-electron chi connectivity index (χ2n) is 4.23. The number of benzene rings is 1. The molecule has 0 spiro atoms. The molecule has 0 aliphatic carbocycles. The van der Waals surface area contributed by atoms with Crippen molar-refractivity contribution in [3.63, 3.8) is 0 Å². The van der Waals surface area contributed by atoms with Gasteiger partial charge >= 0.3 is 6.43 Å².